The van der Waals surface area contributed by atoms with E-state index in [1.54, 1.807) is 11.8 Å². The molecule has 4 rings (SSSR count). The van der Waals surface area contributed by atoms with Gasteiger partial charge in [0.05, 0.1) is 24.1 Å². The third-order valence-electron chi connectivity index (χ3n) is 6.10. The molecule has 0 aliphatic carbocycles. The van der Waals surface area contributed by atoms with Crippen molar-refractivity contribution < 1.29 is 9.47 Å². The number of hydrogen-bond acceptors (Lipinski definition) is 3. The molecular formula is C32H35O2S2+. The normalized spacial score (nSPS) is 13.0. The highest BCUT2D eigenvalue weighted by Crippen LogP contribution is 2.44. The first kappa shape index (κ1) is 26.2. The van der Waals surface area contributed by atoms with Crippen molar-refractivity contribution in [1.29, 1.82) is 0 Å². The standard InChI is InChI=1S/C32H35O2S2/c1-6-10-13-25(7-2)36(5)26-19-16-23(17-20-26)35-24-18-21-29-30(22-24)32(34-9-4)28-15-12-11-14-27(28)31(29)33-8-3/h6,10-22H,7-9H2,1-5H3/q+1/b10-6-,25-13+. The second-order valence-corrected chi connectivity index (χ2v) is 11.5. The van der Waals surface area contributed by atoms with Crippen LogP contribution in [0.3, 0.4) is 0 Å². The van der Waals surface area contributed by atoms with E-state index in [1.165, 1.54) is 19.6 Å². The first-order chi connectivity index (χ1) is 17.6. The van der Waals surface area contributed by atoms with E-state index in [0.717, 1.165) is 39.5 Å². The van der Waals surface area contributed by atoms with Crippen LogP contribution in [0.15, 0.2) is 105 Å². The van der Waals surface area contributed by atoms with Gasteiger partial charge in [-0.05, 0) is 69.3 Å². The molecule has 1 unspecified atom stereocenters. The van der Waals surface area contributed by atoms with Gasteiger partial charge in [0, 0.05) is 37.8 Å². The molecule has 0 N–H and O–H groups in total. The van der Waals surface area contributed by atoms with Crippen molar-refractivity contribution in [2.45, 2.75) is 48.8 Å². The lowest BCUT2D eigenvalue weighted by Crippen LogP contribution is -2.02. The maximum absolute atomic E-state index is 6.20. The summed E-state index contributed by atoms with van der Waals surface area (Å²) in [6.45, 7) is 9.61. The van der Waals surface area contributed by atoms with Crippen LogP contribution in [0.4, 0.5) is 0 Å². The van der Waals surface area contributed by atoms with Crippen molar-refractivity contribution >= 4 is 44.2 Å². The molecule has 1 atom stereocenters. The van der Waals surface area contributed by atoms with Crippen LogP contribution in [-0.2, 0) is 10.9 Å². The summed E-state index contributed by atoms with van der Waals surface area (Å²) in [5.41, 5.74) is 0. The van der Waals surface area contributed by atoms with E-state index >= 15 is 0 Å². The van der Waals surface area contributed by atoms with Crippen LogP contribution in [-0.4, -0.2) is 19.5 Å². The van der Waals surface area contributed by atoms with E-state index in [4.69, 9.17) is 9.47 Å². The van der Waals surface area contributed by atoms with Crippen LogP contribution < -0.4 is 9.47 Å². The molecule has 0 aliphatic heterocycles. The van der Waals surface area contributed by atoms with E-state index in [1.807, 2.05) is 13.8 Å². The zero-order valence-corrected chi connectivity index (χ0v) is 23.5. The molecule has 0 radical (unpaired) electrons. The van der Waals surface area contributed by atoms with Crippen molar-refractivity contribution in [2.75, 3.05) is 19.5 Å². The van der Waals surface area contributed by atoms with Gasteiger partial charge in [-0.2, -0.15) is 0 Å². The minimum absolute atomic E-state index is 0.100. The minimum Gasteiger partial charge on any atom is -0.493 e. The molecular weight excluding hydrogens is 480 g/mol. The van der Waals surface area contributed by atoms with Gasteiger partial charge in [0.2, 0.25) is 0 Å². The molecule has 4 aromatic carbocycles. The Kier molecular flexibility index (Phi) is 9.06. The molecule has 0 saturated carbocycles. The Morgan fingerprint density at radius 1 is 0.778 bits per heavy atom. The SMILES string of the molecule is C/C=C\C=C(/CC)[S+](C)c1ccc(Sc2ccc3c(OCC)c4ccccc4c(OCC)c3c2)cc1. The summed E-state index contributed by atoms with van der Waals surface area (Å²) in [5.74, 6) is 1.86. The third-order valence-corrected chi connectivity index (χ3v) is 9.29. The summed E-state index contributed by atoms with van der Waals surface area (Å²) in [6.07, 6.45) is 9.88. The van der Waals surface area contributed by atoms with Crippen LogP contribution in [0, 0.1) is 0 Å². The molecule has 36 heavy (non-hydrogen) atoms. The molecule has 4 aromatic rings. The predicted octanol–water partition coefficient (Wildman–Crippen LogP) is 9.42. The first-order valence-electron chi connectivity index (χ1n) is 12.6. The summed E-state index contributed by atoms with van der Waals surface area (Å²) < 4.78 is 12.3. The van der Waals surface area contributed by atoms with Gasteiger partial charge < -0.3 is 9.47 Å². The lowest BCUT2D eigenvalue weighted by molar-refractivity contribution is 0.342. The number of rotatable bonds is 10. The van der Waals surface area contributed by atoms with E-state index < -0.39 is 0 Å². The fourth-order valence-electron chi connectivity index (χ4n) is 4.38. The van der Waals surface area contributed by atoms with E-state index in [9.17, 15) is 0 Å². The zero-order valence-electron chi connectivity index (χ0n) is 21.8. The van der Waals surface area contributed by atoms with Gasteiger partial charge in [-0.1, -0.05) is 55.1 Å². The summed E-state index contributed by atoms with van der Waals surface area (Å²) in [6, 6.07) is 24.0. The Hall–Kier alpha value is -2.82. The summed E-state index contributed by atoms with van der Waals surface area (Å²) in [5, 5.41) is 4.37. The summed E-state index contributed by atoms with van der Waals surface area (Å²) >= 11 is 1.78. The lowest BCUT2D eigenvalue weighted by atomic mass is 10.0. The van der Waals surface area contributed by atoms with Crippen LogP contribution in [0.2, 0.25) is 0 Å². The number of fused-ring (bicyclic) bond motifs is 2. The largest absolute Gasteiger partial charge is 0.493 e. The summed E-state index contributed by atoms with van der Waals surface area (Å²) in [7, 11) is 0.100. The first-order valence-corrected chi connectivity index (χ1v) is 15.1. The Bertz CT molecular complexity index is 1390. The molecule has 2 nitrogen and oxygen atoms in total. The number of benzene rings is 4. The van der Waals surface area contributed by atoms with Gasteiger partial charge in [0.25, 0.3) is 0 Å². The molecule has 0 aromatic heterocycles. The van der Waals surface area contributed by atoms with Crippen molar-refractivity contribution in [1.82, 2.24) is 0 Å². The Morgan fingerprint density at radius 2 is 1.36 bits per heavy atom. The highest BCUT2D eigenvalue weighted by atomic mass is 32.2. The molecule has 0 saturated heterocycles. The Labute approximate surface area is 222 Å². The molecule has 0 amide bonds. The van der Waals surface area contributed by atoms with Crippen molar-refractivity contribution in [3.05, 3.63) is 89.9 Å². The fraction of sp³-hybridized carbons (Fsp3) is 0.250. The molecule has 4 heteroatoms. The highest BCUT2D eigenvalue weighted by Gasteiger charge is 2.20. The lowest BCUT2D eigenvalue weighted by Gasteiger charge is -2.17. The number of allylic oxidation sites excluding steroid dienone is 4. The van der Waals surface area contributed by atoms with Gasteiger partial charge >= 0.3 is 0 Å². The van der Waals surface area contributed by atoms with Crippen LogP contribution >= 0.6 is 11.8 Å². The van der Waals surface area contributed by atoms with Crippen molar-refractivity contribution in [2.24, 2.45) is 0 Å². The zero-order chi connectivity index (χ0) is 25.5. The van der Waals surface area contributed by atoms with Crippen LogP contribution in [0.25, 0.3) is 21.5 Å². The molecule has 0 spiro atoms. The minimum atomic E-state index is 0.100. The van der Waals surface area contributed by atoms with E-state index in [2.05, 4.69) is 105 Å². The summed E-state index contributed by atoms with van der Waals surface area (Å²) in [4.78, 5) is 5.27. The average Bonchev–Trinajstić information content (AvgIpc) is 2.91. The Morgan fingerprint density at radius 3 is 1.94 bits per heavy atom. The van der Waals surface area contributed by atoms with Crippen LogP contribution in [0.1, 0.15) is 34.1 Å². The second-order valence-electron chi connectivity index (χ2n) is 8.37. The maximum atomic E-state index is 6.20. The molecule has 186 valence electrons. The second kappa shape index (κ2) is 12.4. The van der Waals surface area contributed by atoms with Gasteiger partial charge in [-0.15, -0.1) is 0 Å². The van der Waals surface area contributed by atoms with E-state index in [-0.39, 0.29) is 10.9 Å². The number of hydrogen-bond donors (Lipinski definition) is 0. The van der Waals surface area contributed by atoms with Gasteiger partial charge in [-0.25, -0.2) is 0 Å². The van der Waals surface area contributed by atoms with Gasteiger partial charge in [-0.3, -0.25) is 0 Å². The highest BCUT2D eigenvalue weighted by molar-refractivity contribution is 8.00. The molecule has 0 fully saturated rings. The van der Waals surface area contributed by atoms with E-state index in [0.29, 0.717) is 13.2 Å². The molecule has 0 aliphatic rings. The van der Waals surface area contributed by atoms with Crippen molar-refractivity contribution in [3.63, 3.8) is 0 Å². The molecule has 0 heterocycles. The number of ether oxygens (including phenoxy) is 2. The maximum Gasteiger partial charge on any atom is 0.160 e. The Balaban J connectivity index is 1.70. The average molecular weight is 516 g/mol. The predicted molar refractivity (Wildman–Crippen MR) is 159 cm³/mol. The smallest absolute Gasteiger partial charge is 0.160 e. The molecule has 0 bridgehead atoms. The van der Waals surface area contributed by atoms with Crippen molar-refractivity contribution in [3.8, 4) is 11.5 Å². The topological polar surface area (TPSA) is 18.5 Å². The van der Waals surface area contributed by atoms with Gasteiger partial charge in [0.1, 0.15) is 22.7 Å². The quantitative estimate of drug-likeness (QED) is 0.119. The van der Waals surface area contributed by atoms with Gasteiger partial charge in [0.15, 0.2) is 4.90 Å². The third kappa shape index (κ3) is 5.61. The fourth-order valence-corrected chi connectivity index (χ4v) is 6.80. The monoisotopic (exact) mass is 515 g/mol. The van der Waals surface area contributed by atoms with Crippen LogP contribution in [0.5, 0.6) is 11.5 Å².